The largest absolute Gasteiger partial charge is 0.432 e. The quantitative estimate of drug-likeness (QED) is 0.815. The Kier molecular flexibility index (Phi) is 3.96. The van der Waals surface area contributed by atoms with Crippen molar-refractivity contribution < 1.29 is 13.6 Å². The zero-order valence-corrected chi connectivity index (χ0v) is 9.51. The van der Waals surface area contributed by atoms with Crippen LogP contribution in [0.25, 0.3) is 0 Å². The summed E-state index contributed by atoms with van der Waals surface area (Å²) < 4.78 is 21.0. The van der Waals surface area contributed by atoms with Crippen molar-refractivity contribution in [2.75, 3.05) is 19.3 Å². The van der Waals surface area contributed by atoms with Crippen molar-refractivity contribution in [3.8, 4) is 0 Å². The number of benzene rings is 1. The maximum Gasteiger partial charge on any atom is 0.432 e. The van der Waals surface area contributed by atoms with Gasteiger partial charge in [0, 0.05) is 24.9 Å². The van der Waals surface area contributed by atoms with Crippen LogP contribution in [0.4, 0.5) is 5.69 Å². The van der Waals surface area contributed by atoms with Crippen LogP contribution in [-0.2, 0) is 13.6 Å². The molecule has 0 heterocycles. The lowest BCUT2D eigenvalue weighted by Gasteiger charge is -2.15. The van der Waals surface area contributed by atoms with Gasteiger partial charge in [-0.3, -0.25) is 14.1 Å². The van der Waals surface area contributed by atoms with Gasteiger partial charge in [0.1, 0.15) is 0 Å². The molecular weight excluding hydrogens is 225 g/mol. The molecule has 6 heteroatoms. The molecule has 0 aromatic heterocycles. The minimum atomic E-state index is -3.21. The van der Waals surface area contributed by atoms with Gasteiger partial charge in [-0.25, -0.2) is 4.57 Å². The highest BCUT2D eigenvalue weighted by molar-refractivity contribution is 7.55. The third kappa shape index (κ3) is 3.00. The van der Waals surface area contributed by atoms with Gasteiger partial charge in [0.05, 0.1) is 0 Å². The fraction of sp³-hybridized carbons (Fsp3) is 0.250. The van der Waals surface area contributed by atoms with Gasteiger partial charge in [-0.05, 0) is 24.3 Å². The van der Waals surface area contributed by atoms with Crippen LogP contribution in [0.15, 0.2) is 24.3 Å². The SMILES string of the molecule is COP(=O)(Nc1ccc(Cl)cc1)OC. The lowest BCUT2D eigenvalue weighted by Crippen LogP contribution is -2.00. The molecule has 1 aromatic carbocycles. The molecule has 14 heavy (non-hydrogen) atoms. The van der Waals surface area contributed by atoms with Crippen molar-refractivity contribution in [2.24, 2.45) is 0 Å². The molecule has 0 amide bonds. The molecule has 78 valence electrons. The van der Waals surface area contributed by atoms with E-state index >= 15 is 0 Å². The minimum absolute atomic E-state index is 0.611. The summed E-state index contributed by atoms with van der Waals surface area (Å²) in [7, 11) is -0.586. The predicted molar refractivity (Wildman–Crippen MR) is 56.7 cm³/mol. The van der Waals surface area contributed by atoms with Crippen molar-refractivity contribution >= 4 is 25.0 Å². The Hall–Kier alpha value is -0.540. The highest BCUT2D eigenvalue weighted by Crippen LogP contribution is 2.45. The van der Waals surface area contributed by atoms with Crippen LogP contribution in [-0.4, -0.2) is 14.2 Å². The standard InChI is InChI=1S/C8H11ClNO3P/c1-12-14(11,13-2)10-8-5-3-7(9)4-6-8/h3-6H,1-2H3,(H,10,11). The Morgan fingerprint density at radius 2 is 1.71 bits per heavy atom. The van der Waals surface area contributed by atoms with Gasteiger partial charge < -0.3 is 0 Å². The monoisotopic (exact) mass is 235 g/mol. The molecular formula is C8H11ClNO3P. The van der Waals surface area contributed by atoms with E-state index in [1.54, 1.807) is 24.3 Å². The predicted octanol–water partition coefficient (Wildman–Crippen LogP) is 3.15. The van der Waals surface area contributed by atoms with E-state index in [4.69, 9.17) is 20.6 Å². The Labute approximate surface area is 87.8 Å². The maximum absolute atomic E-state index is 11.6. The van der Waals surface area contributed by atoms with E-state index < -0.39 is 7.75 Å². The van der Waals surface area contributed by atoms with Crippen molar-refractivity contribution in [3.05, 3.63) is 29.3 Å². The molecule has 0 aliphatic heterocycles. The topological polar surface area (TPSA) is 47.6 Å². The van der Waals surface area contributed by atoms with Crippen LogP contribution in [0.5, 0.6) is 0 Å². The molecule has 0 aliphatic carbocycles. The first-order valence-corrected chi connectivity index (χ1v) is 5.77. The number of hydrogen-bond acceptors (Lipinski definition) is 3. The summed E-state index contributed by atoms with van der Waals surface area (Å²) in [4.78, 5) is 0. The summed E-state index contributed by atoms with van der Waals surface area (Å²) in [6.07, 6.45) is 0. The van der Waals surface area contributed by atoms with Crippen LogP contribution in [0.3, 0.4) is 0 Å². The van der Waals surface area contributed by atoms with Crippen molar-refractivity contribution in [3.63, 3.8) is 0 Å². The molecule has 4 nitrogen and oxygen atoms in total. The van der Waals surface area contributed by atoms with Gasteiger partial charge in [-0.2, -0.15) is 0 Å². The summed E-state index contributed by atoms with van der Waals surface area (Å²) >= 11 is 5.69. The lowest BCUT2D eigenvalue weighted by molar-refractivity contribution is 0.281. The number of anilines is 1. The highest BCUT2D eigenvalue weighted by Gasteiger charge is 2.20. The molecule has 0 bridgehead atoms. The minimum Gasteiger partial charge on any atom is -0.296 e. The molecule has 0 atom stereocenters. The number of hydrogen-bond donors (Lipinski definition) is 1. The zero-order valence-electron chi connectivity index (χ0n) is 7.86. The Morgan fingerprint density at radius 1 is 1.21 bits per heavy atom. The summed E-state index contributed by atoms with van der Waals surface area (Å²) in [6.45, 7) is 0. The number of nitrogens with one attached hydrogen (secondary N) is 1. The van der Waals surface area contributed by atoms with E-state index in [2.05, 4.69) is 5.09 Å². The summed E-state index contributed by atoms with van der Waals surface area (Å²) in [6, 6.07) is 6.74. The van der Waals surface area contributed by atoms with Crippen LogP contribution < -0.4 is 5.09 Å². The first-order valence-electron chi connectivity index (χ1n) is 3.85. The Morgan fingerprint density at radius 3 is 2.14 bits per heavy atom. The van der Waals surface area contributed by atoms with Gasteiger partial charge in [0.2, 0.25) is 0 Å². The third-order valence-corrected chi connectivity index (χ3v) is 3.34. The average Bonchev–Trinajstić information content (AvgIpc) is 2.21. The maximum atomic E-state index is 11.6. The molecule has 0 saturated heterocycles. The first kappa shape index (κ1) is 11.5. The van der Waals surface area contributed by atoms with Gasteiger partial charge in [0.25, 0.3) is 0 Å². The smallest absolute Gasteiger partial charge is 0.296 e. The second-order valence-corrected chi connectivity index (χ2v) is 4.87. The van der Waals surface area contributed by atoms with Gasteiger partial charge >= 0.3 is 7.75 Å². The fourth-order valence-electron chi connectivity index (χ4n) is 0.848. The van der Waals surface area contributed by atoms with Crippen LogP contribution in [0, 0.1) is 0 Å². The van der Waals surface area contributed by atoms with Gasteiger partial charge in [0.15, 0.2) is 0 Å². The zero-order chi connectivity index (χ0) is 10.6. The van der Waals surface area contributed by atoms with Gasteiger partial charge in [-0.15, -0.1) is 0 Å². The Bertz CT molecular complexity index is 333. The molecule has 0 fully saturated rings. The molecule has 0 unspecified atom stereocenters. The van der Waals surface area contributed by atoms with Crippen molar-refractivity contribution in [2.45, 2.75) is 0 Å². The molecule has 0 saturated carbocycles. The Balaban J connectivity index is 2.78. The second kappa shape index (κ2) is 4.80. The van der Waals surface area contributed by atoms with E-state index in [1.807, 2.05) is 0 Å². The van der Waals surface area contributed by atoms with Crippen LogP contribution in [0.2, 0.25) is 5.02 Å². The van der Waals surface area contributed by atoms with Gasteiger partial charge in [-0.1, -0.05) is 11.6 Å². The molecule has 1 aromatic rings. The fourth-order valence-corrected chi connectivity index (χ4v) is 1.77. The molecule has 0 radical (unpaired) electrons. The highest BCUT2D eigenvalue weighted by atomic mass is 35.5. The third-order valence-electron chi connectivity index (χ3n) is 1.59. The number of rotatable bonds is 4. The second-order valence-electron chi connectivity index (χ2n) is 2.48. The van der Waals surface area contributed by atoms with E-state index in [0.717, 1.165) is 0 Å². The molecule has 0 aliphatic rings. The summed E-state index contributed by atoms with van der Waals surface area (Å²) in [5, 5.41) is 3.25. The van der Waals surface area contributed by atoms with Crippen molar-refractivity contribution in [1.82, 2.24) is 0 Å². The first-order chi connectivity index (χ1) is 6.59. The van der Waals surface area contributed by atoms with E-state index in [-0.39, 0.29) is 0 Å². The molecule has 0 spiro atoms. The van der Waals surface area contributed by atoms with E-state index in [0.29, 0.717) is 10.7 Å². The summed E-state index contributed by atoms with van der Waals surface area (Å²) in [5.74, 6) is 0. The van der Waals surface area contributed by atoms with E-state index in [1.165, 1.54) is 14.2 Å². The van der Waals surface area contributed by atoms with Crippen molar-refractivity contribution in [1.29, 1.82) is 0 Å². The molecule has 1 N–H and O–H groups in total. The van der Waals surface area contributed by atoms with E-state index in [9.17, 15) is 4.57 Å². The van der Waals surface area contributed by atoms with Crippen LogP contribution >= 0.6 is 19.3 Å². The average molecular weight is 236 g/mol. The molecule has 1 rings (SSSR count). The number of halogens is 1. The summed E-state index contributed by atoms with van der Waals surface area (Å²) in [5.41, 5.74) is 0.626. The van der Waals surface area contributed by atoms with Crippen LogP contribution in [0.1, 0.15) is 0 Å². The lowest BCUT2D eigenvalue weighted by atomic mass is 10.3. The normalized spacial score (nSPS) is 11.4.